The van der Waals surface area contributed by atoms with Gasteiger partial charge in [0.1, 0.15) is 10.6 Å². The van der Waals surface area contributed by atoms with E-state index in [4.69, 9.17) is 32.2 Å². The first-order chi connectivity index (χ1) is 14.8. The highest BCUT2D eigenvalue weighted by Crippen LogP contribution is 2.37. The molecular formula is C22H13Cl2NO5S. The summed E-state index contributed by atoms with van der Waals surface area (Å²) in [7, 11) is -4.12. The lowest BCUT2D eigenvalue weighted by atomic mass is 10.0. The smallest absolute Gasteiger partial charge is 0.368 e. The Kier molecular flexibility index (Phi) is 5.82. The average Bonchev–Trinajstić information content (AvgIpc) is 3.12. The number of carbonyl (C=O) groups excluding carboxylic acids is 1. The van der Waals surface area contributed by atoms with Crippen LogP contribution in [0.25, 0.3) is 6.08 Å². The van der Waals surface area contributed by atoms with Crippen molar-refractivity contribution in [3.05, 3.63) is 99.5 Å². The minimum absolute atomic E-state index is 0.0363. The quantitative estimate of drug-likeness (QED) is 0.292. The molecular weight excluding hydrogens is 461 g/mol. The number of benzene rings is 3. The van der Waals surface area contributed by atoms with Gasteiger partial charge in [-0.1, -0.05) is 76.9 Å². The summed E-state index contributed by atoms with van der Waals surface area (Å²) in [4.78, 5) is 16.9. The lowest BCUT2D eigenvalue weighted by Crippen LogP contribution is -2.10. The molecule has 0 radical (unpaired) electrons. The van der Waals surface area contributed by atoms with Crippen LogP contribution in [-0.2, 0) is 19.8 Å². The normalized spacial score (nSPS) is 15.0. The highest BCUT2D eigenvalue weighted by atomic mass is 35.5. The minimum Gasteiger partial charge on any atom is -0.376 e. The molecule has 0 spiro atoms. The molecule has 9 heteroatoms. The third-order valence-corrected chi connectivity index (χ3v) is 6.10. The summed E-state index contributed by atoms with van der Waals surface area (Å²) < 4.78 is 30.1. The highest BCUT2D eigenvalue weighted by molar-refractivity contribution is 7.87. The fraction of sp³-hybridized carbons (Fsp3) is 0. The number of nitrogens with zero attached hydrogens (tertiary/aromatic N) is 1. The predicted molar refractivity (Wildman–Crippen MR) is 118 cm³/mol. The number of hydrogen-bond donors (Lipinski definition) is 0. The summed E-state index contributed by atoms with van der Waals surface area (Å²) in [6.45, 7) is 0. The van der Waals surface area contributed by atoms with Gasteiger partial charge in [0, 0.05) is 5.56 Å². The Hall–Kier alpha value is -3.13. The van der Waals surface area contributed by atoms with Gasteiger partial charge < -0.3 is 9.02 Å². The van der Waals surface area contributed by atoms with E-state index in [1.54, 1.807) is 30.3 Å². The van der Waals surface area contributed by atoms with E-state index in [9.17, 15) is 13.2 Å². The molecule has 0 fully saturated rings. The Morgan fingerprint density at radius 2 is 1.48 bits per heavy atom. The fourth-order valence-electron chi connectivity index (χ4n) is 2.87. The van der Waals surface area contributed by atoms with Crippen molar-refractivity contribution in [1.29, 1.82) is 0 Å². The maximum Gasteiger partial charge on any atom is 0.368 e. The van der Waals surface area contributed by atoms with Crippen molar-refractivity contribution in [3.8, 4) is 5.75 Å². The van der Waals surface area contributed by atoms with Gasteiger partial charge in [-0.3, -0.25) is 0 Å². The largest absolute Gasteiger partial charge is 0.376 e. The molecule has 0 amide bonds. The highest BCUT2D eigenvalue weighted by Gasteiger charge is 2.27. The molecule has 0 N–H and O–H groups in total. The van der Waals surface area contributed by atoms with Crippen molar-refractivity contribution in [2.24, 2.45) is 5.16 Å². The van der Waals surface area contributed by atoms with Gasteiger partial charge in [0.25, 0.3) is 0 Å². The summed E-state index contributed by atoms with van der Waals surface area (Å²) >= 11 is 12.5. The molecule has 156 valence electrons. The molecule has 1 heterocycles. The third-order valence-electron chi connectivity index (χ3n) is 4.30. The molecule has 6 nitrogen and oxygen atoms in total. The standard InChI is InChI=1S/C22H13Cl2NO5S/c23-18-12-14(11-17-20(25-29-22(17)26)15-7-3-1-4-8-15)13-19(24)21(18)30-31(27,28)16-9-5-2-6-10-16/h1-13H/b17-11-. The summed E-state index contributed by atoms with van der Waals surface area (Å²) in [5.74, 6) is -0.835. The van der Waals surface area contributed by atoms with Gasteiger partial charge in [-0.25, -0.2) is 4.79 Å². The second kappa shape index (κ2) is 8.55. The van der Waals surface area contributed by atoms with Crippen LogP contribution in [0.3, 0.4) is 0 Å². The van der Waals surface area contributed by atoms with Crippen LogP contribution in [0, 0.1) is 0 Å². The summed E-state index contributed by atoms with van der Waals surface area (Å²) in [5.41, 5.74) is 1.72. The third kappa shape index (κ3) is 4.49. The second-order valence-corrected chi connectivity index (χ2v) is 8.77. The van der Waals surface area contributed by atoms with Gasteiger partial charge in [-0.2, -0.15) is 8.42 Å². The van der Waals surface area contributed by atoms with Crippen LogP contribution in [0.4, 0.5) is 0 Å². The lowest BCUT2D eigenvalue weighted by Gasteiger charge is -2.11. The van der Waals surface area contributed by atoms with Gasteiger partial charge >= 0.3 is 16.1 Å². The van der Waals surface area contributed by atoms with Crippen molar-refractivity contribution in [2.45, 2.75) is 4.90 Å². The molecule has 4 rings (SSSR count). The molecule has 0 saturated carbocycles. The number of oxime groups is 1. The van der Waals surface area contributed by atoms with E-state index in [-0.39, 0.29) is 26.3 Å². The SMILES string of the molecule is O=C1ON=C(c2ccccc2)/C1=C/c1cc(Cl)c(OS(=O)(=O)c2ccccc2)c(Cl)c1. The zero-order valence-corrected chi connectivity index (χ0v) is 18.0. The van der Waals surface area contributed by atoms with Gasteiger partial charge in [-0.15, -0.1) is 0 Å². The van der Waals surface area contributed by atoms with E-state index in [0.29, 0.717) is 16.8 Å². The number of hydrogen-bond acceptors (Lipinski definition) is 6. The molecule has 1 aliphatic rings. The van der Waals surface area contributed by atoms with E-state index in [1.807, 2.05) is 18.2 Å². The molecule has 1 aliphatic heterocycles. The van der Waals surface area contributed by atoms with Gasteiger partial charge in [0.2, 0.25) is 0 Å². The molecule has 0 saturated heterocycles. The van der Waals surface area contributed by atoms with Gasteiger partial charge in [-0.05, 0) is 35.9 Å². The maximum atomic E-state index is 12.5. The summed E-state index contributed by atoms with van der Waals surface area (Å²) in [6.07, 6.45) is 1.51. The number of carbonyl (C=O) groups is 1. The van der Waals surface area contributed by atoms with E-state index in [1.165, 1.54) is 30.3 Å². The van der Waals surface area contributed by atoms with Crippen molar-refractivity contribution in [3.63, 3.8) is 0 Å². The minimum atomic E-state index is -4.12. The van der Waals surface area contributed by atoms with Gasteiger partial charge in [0.15, 0.2) is 5.75 Å². The van der Waals surface area contributed by atoms with Crippen molar-refractivity contribution in [1.82, 2.24) is 0 Å². The Morgan fingerprint density at radius 3 is 2.10 bits per heavy atom. The first kappa shape index (κ1) is 21.1. The van der Waals surface area contributed by atoms with Crippen LogP contribution >= 0.6 is 23.2 Å². The predicted octanol–water partition coefficient (Wildman–Crippen LogP) is 5.11. The van der Waals surface area contributed by atoms with Gasteiger partial charge in [0.05, 0.1) is 15.6 Å². The van der Waals surface area contributed by atoms with Crippen molar-refractivity contribution in [2.75, 3.05) is 0 Å². The summed E-state index contributed by atoms with van der Waals surface area (Å²) in [6, 6.07) is 19.5. The molecule has 0 bridgehead atoms. The summed E-state index contributed by atoms with van der Waals surface area (Å²) in [5, 5.41) is 3.76. The zero-order chi connectivity index (χ0) is 22.0. The molecule has 3 aromatic carbocycles. The van der Waals surface area contributed by atoms with Crippen LogP contribution < -0.4 is 4.18 Å². The maximum absolute atomic E-state index is 12.5. The van der Waals surface area contributed by atoms with E-state index in [2.05, 4.69) is 5.16 Å². The van der Waals surface area contributed by atoms with Crippen LogP contribution in [0.2, 0.25) is 10.0 Å². The number of halogens is 2. The van der Waals surface area contributed by atoms with Crippen LogP contribution in [0.15, 0.2) is 88.4 Å². The van der Waals surface area contributed by atoms with E-state index in [0.717, 1.165) is 0 Å². The van der Waals surface area contributed by atoms with Crippen molar-refractivity contribution >= 4 is 51.1 Å². The molecule has 31 heavy (non-hydrogen) atoms. The molecule has 0 aliphatic carbocycles. The number of rotatable bonds is 5. The first-order valence-corrected chi connectivity index (χ1v) is 11.1. The average molecular weight is 474 g/mol. The van der Waals surface area contributed by atoms with E-state index < -0.39 is 16.1 Å². The Balaban J connectivity index is 1.68. The molecule has 0 aromatic heterocycles. The van der Waals surface area contributed by atoms with E-state index >= 15 is 0 Å². The van der Waals surface area contributed by atoms with Crippen LogP contribution in [-0.4, -0.2) is 20.1 Å². The second-order valence-electron chi connectivity index (χ2n) is 6.41. The molecule has 3 aromatic rings. The molecule has 0 atom stereocenters. The van der Waals surface area contributed by atoms with Crippen LogP contribution in [0.1, 0.15) is 11.1 Å². The topological polar surface area (TPSA) is 82.0 Å². The monoisotopic (exact) mass is 473 g/mol. The zero-order valence-electron chi connectivity index (χ0n) is 15.7. The molecule has 0 unspecified atom stereocenters. The van der Waals surface area contributed by atoms with Crippen molar-refractivity contribution < 1.29 is 22.2 Å². The Morgan fingerprint density at radius 1 is 0.903 bits per heavy atom. The Bertz CT molecular complexity index is 1300. The first-order valence-electron chi connectivity index (χ1n) is 8.90. The lowest BCUT2D eigenvalue weighted by molar-refractivity contribution is -0.136. The fourth-order valence-corrected chi connectivity index (χ4v) is 4.53. The van der Waals surface area contributed by atoms with Crippen LogP contribution in [0.5, 0.6) is 5.75 Å². The Labute approximate surface area is 188 Å².